The van der Waals surface area contributed by atoms with Crippen LogP contribution in [0.15, 0.2) is 72.2 Å². The van der Waals surface area contributed by atoms with Gasteiger partial charge in [-0.25, -0.2) is 19.3 Å². The van der Waals surface area contributed by atoms with Crippen LogP contribution in [-0.2, 0) is 0 Å². The van der Waals surface area contributed by atoms with Gasteiger partial charge >= 0.3 is 0 Å². The second-order valence-electron chi connectivity index (χ2n) is 6.03. The minimum absolute atomic E-state index is 0.270. The number of rotatable bonds is 6. The normalized spacial score (nSPS) is 11.9. The number of nitrogens with zero attached hydrogens (tertiary/aromatic N) is 4. The minimum atomic E-state index is -0.270. The van der Waals surface area contributed by atoms with E-state index in [1.54, 1.807) is 25.4 Å². The largest absolute Gasteiger partial charge is 0.365 e. The quantitative estimate of drug-likeness (QED) is 0.521. The molecule has 0 aliphatic heterocycles. The summed E-state index contributed by atoms with van der Waals surface area (Å²) in [6, 6.07) is 8.25. The highest BCUT2D eigenvalue weighted by Crippen LogP contribution is 2.25. The smallest absolute Gasteiger partial charge is 0.164 e. The predicted octanol–water partition coefficient (Wildman–Crippen LogP) is 4.45. The molecule has 2 heterocycles. The van der Waals surface area contributed by atoms with Crippen molar-refractivity contribution in [3.8, 4) is 11.1 Å². The number of anilines is 1. The molecular weight excluding hydrogens is 341 g/mol. The monoisotopic (exact) mass is 361 g/mol. The lowest BCUT2D eigenvalue weighted by Crippen LogP contribution is -2.06. The number of pyridine rings is 1. The summed E-state index contributed by atoms with van der Waals surface area (Å²) in [6.07, 6.45) is 7.03. The Hall–Kier alpha value is -3.41. The van der Waals surface area contributed by atoms with E-state index in [-0.39, 0.29) is 5.82 Å². The van der Waals surface area contributed by atoms with Gasteiger partial charge in [-0.2, -0.15) is 0 Å². The van der Waals surface area contributed by atoms with Crippen molar-refractivity contribution in [2.45, 2.75) is 6.92 Å². The molecule has 0 unspecified atom stereocenters. The van der Waals surface area contributed by atoms with Crippen molar-refractivity contribution < 1.29 is 4.39 Å². The molecule has 5 nitrogen and oxygen atoms in total. The molecule has 136 valence electrons. The number of aliphatic imine (C=N–C) groups is 1. The lowest BCUT2D eigenvalue weighted by molar-refractivity contribution is 0.628. The van der Waals surface area contributed by atoms with Crippen molar-refractivity contribution in [3.63, 3.8) is 0 Å². The fraction of sp³-hybridized carbons (Fsp3) is 0.143. The van der Waals surface area contributed by atoms with Crippen LogP contribution in [0.25, 0.3) is 22.2 Å². The lowest BCUT2D eigenvalue weighted by atomic mass is 10.1. The molecule has 2 aromatic heterocycles. The summed E-state index contributed by atoms with van der Waals surface area (Å²) in [7, 11) is 1.75. The summed E-state index contributed by atoms with van der Waals surface area (Å²) < 4.78 is 13.2. The Morgan fingerprint density at radius 3 is 2.67 bits per heavy atom. The Morgan fingerprint density at radius 2 is 1.93 bits per heavy atom. The van der Waals surface area contributed by atoms with Crippen molar-refractivity contribution in [2.75, 3.05) is 18.9 Å². The van der Waals surface area contributed by atoms with E-state index in [9.17, 15) is 4.39 Å². The van der Waals surface area contributed by atoms with Gasteiger partial charge in [0, 0.05) is 31.1 Å². The van der Waals surface area contributed by atoms with E-state index in [0.717, 1.165) is 27.8 Å². The van der Waals surface area contributed by atoms with Gasteiger partial charge in [0.05, 0.1) is 5.39 Å². The molecule has 3 aromatic rings. The van der Waals surface area contributed by atoms with Gasteiger partial charge in [0.15, 0.2) is 5.65 Å². The van der Waals surface area contributed by atoms with E-state index in [2.05, 4.69) is 31.8 Å². The van der Waals surface area contributed by atoms with E-state index in [0.29, 0.717) is 18.0 Å². The molecule has 6 heteroatoms. The highest BCUT2D eigenvalue weighted by Gasteiger charge is 2.07. The molecule has 0 spiro atoms. The van der Waals surface area contributed by atoms with Crippen LogP contribution in [0.2, 0.25) is 0 Å². The van der Waals surface area contributed by atoms with Crippen LogP contribution in [0.4, 0.5) is 10.2 Å². The average Bonchev–Trinajstić information content (AvgIpc) is 2.70. The molecule has 0 aliphatic carbocycles. The SMILES string of the molecule is C=C(/C=C\C(C)=NC)CNc1ncnc2ncc(-c3ccc(F)cc3)cc12. The summed E-state index contributed by atoms with van der Waals surface area (Å²) in [4.78, 5) is 17.0. The van der Waals surface area contributed by atoms with Crippen LogP contribution in [0.1, 0.15) is 6.92 Å². The van der Waals surface area contributed by atoms with Crippen molar-refractivity contribution in [3.05, 3.63) is 73.0 Å². The van der Waals surface area contributed by atoms with Gasteiger partial charge in [-0.05, 0) is 42.3 Å². The molecule has 0 saturated heterocycles. The molecule has 1 aromatic carbocycles. The van der Waals surface area contributed by atoms with Gasteiger partial charge in [0.1, 0.15) is 18.0 Å². The minimum Gasteiger partial charge on any atom is -0.365 e. The fourth-order valence-electron chi connectivity index (χ4n) is 2.46. The third kappa shape index (κ3) is 4.61. The molecule has 0 bridgehead atoms. The van der Waals surface area contributed by atoms with Gasteiger partial charge in [-0.3, -0.25) is 4.99 Å². The molecule has 0 aliphatic rings. The van der Waals surface area contributed by atoms with Crippen LogP contribution < -0.4 is 5.32 Å². The van der Waals surface area contributed by atoms with Crippen molar-refractivity contribution in [1.82, 2.24) is 15.0 Å². The molecule has 27 heavy (non-hydrogen) atoms. The van der Waals surface area contributed by atoms with E-state index in [4.69, 9.17) is 0 Å². The van der Waals surface area contributed by atoms with Gasteiger partial charge in [0.25, 0.3) is 0 Å². The number of hydrogen-bond donors (Lipinski definition) is 1. The van der Waals surface area contributed by atoms with Gasteiger partial charge in [-0.1, -0.05) is 24.8 Å². The molecule has 0 amide bonds. The number of benzene rings is 1. The molecule has 0 atom stereocenters. The molecule has 0 saturated carbocycles. The van der Waals surface area contributed by atoms with Gasteiger partial charge in [0.2, 0.25) is 0 Å². The maximum Gasteiger partial charge on any atom is 0.164 e. The van der Waals surface area contributed by atoms with Crippen LogP contribution >= 0.6 is 0 Å². The standard InChI is InChI=1S/C21H20FN5/c1-14(4-5-15(2)23-3)11-24-20-19-10-17(12-25-21(19)27-13-26-20)16-6-8-18(22)9-7-16/h4-10,12-13H,1,11H2,2-3H3,(H,24,25,26,27)/b5-4-,23-15?. The number of fused-ring (bicyclic) bond motifs is 1. The first-order valence-electron chi connectivity index (χ1n) is 8.46. The van der Waals surface area contributed by atoms with Crippen LogP contribution in [0, 0.1) is 5.82 Å². The van der Waals surface area contributed by atoms with Gasteiger partial charge < -0.3 is 5.32 Å². The Labute approximate surface area is 157 Å². The number of aromatic nitrogens is 3. The summed E-state index contributed by atoms with van der Waals surface area (Å²) in [5.74, 6) is 0.403. The molecule has 1 N–H and O–H groups in total. The second kappa shape index (κ2) is 8.31. The van der Waals surface area contributed by atoms with Crippen molar-refractivity contribution in [1.29, 1.82) is 0 Å². The Balaban J connectivity index is 1.85. The zero-order valence-electron chi connectivity index (χ0n) is 15.3. The average molecular weight is 361 g/mol. The van der Waals surface area contributed by atoms with Crippen LogP contribution in [0.5, 0.6) is 0 Å². The van der Waals surface area contributed by atoms with E-state index in [1.165, 1.54) is 18.5 Å². The predicted molar refractivity (Wildman–Crippen MR) is 109 cm³/mol. The Kier molecular flexibility index (Phi) is 5.66. The number of halogens is 1. The third-order valence-corrected chi connectivity index (χ3v) is 4.06. The molecule has 3 rings (SSSR count). The summed E-state index contributed by atoms with van der Waals surface area (Å²) >= 11 is 0. The third-order valence-electron chi connectivity index (χ3n) is 4.06. The van der Waals surface area contributed by atoms with E-state index >= 15 is 0 Å². The summed E-state index contributed by atoms with van der Waals surface area (Å²) in [5, 5.41) is 4.07. The lowest BCUT2D eigenvalue weighted by Gasteiger charge is -2.09. The maximum atomic E-state index is 13.2. The first-order valence-corrected chi connectivity index (χ1v) is 8.46. The molecule has 0 radical (unpaired) electrons. The Morgan fingerprint density at radius 1 is 1.15 bits per heavy atom. The highest BCUT2D eigenvalue weighted by molar-refractivity contribution is 5.93. The fourth-order valence-corrected chi connectivity index (χ4v) is 2.46. The van der Waals surface area contributed by atoms with Gasteiger partial charge in [-0.15, -0.1) is 0 Å². The number of allylic oxidation sites excluding steroid dienone is 1. The molecular formula is C21H20FN5. The first kappa shape index (κ1) is 18.4. The first-order chi connectivity index (χ1) is 13.1. The van der Waals surface area contributed by atoms with Crippen molar-refractivity contribution >= 4 is 22.6 Å². The Bertz CT molecular complexity index is 1020. The number of nitrogens with one attached hydrogen (secondary N) is 1. The van der Waals surface area contributed by atoms with Crippen LogP contribution in [0.3, 0.4) is 0 Å². The van der Waals surface area contributed by atoms with E-state index < -0.39 is 0 Å². The zero-order chi connectivity index (χ0) is 19.2. The summed E-state index contributed by atoms with van der Waals surface area (Å²) in [6.45, 7) is 6.49. The zero-order valence-corrected chi connectivity index (χ0v) is 15.3. The number of hydrogen-bond acceptors (Lipinski definition) is 5. The topological polar surface area (TPSA) is 63.1 Å². The van der Waals surface area contributed by atoms with E-state index in [1.807, 2.05) is 25.1 Å². The van der Waals surface area contributed by atoms with Crippen LogP contribution in [-0.4, -0.2) is 34.3 Å². The summed E-state index contributed by atoms with van der Waals surface area (Å²) in [5.41, 5.74) is 4.16. The van der Waals surface area contributed by atoms with Crippen molar-refractivity contribution in [2.24, 2.45) is 4.99 Å². The maximum absolute atomic E-state index is 13.2. The second-order valence-corrected chi connectivity index (χ2v) is 6.03. The molecule has 0 fully saturated rings. The highest BCUT2D eigenvalue weighted by atomic mass is 19.1.